The molecule has 1 unspecified atom stereocenters. The lowest BCUT2D eigenvalue weighted by atomic mass is 9.92. The molecule has 1 aromatic rings. The van der Waals surface area contributed by atoms with Gasteiger partial charge in [-0.05, 0) is 36.7 Å². The van der Waals surface area contributed by atoms with Crippen LogP contribution in [-0.4, -0.2) is 44.4 Å². The summed E-state index contributed by atoms with van der Waals surface area (Å²) >= 11 is 0. The molecule has 0 amide bonds. The van der Waals surface area contributed by atoms with Crippen molar-refractivity contribution in [3.8, 4) is 11.5 Å². The summed E-state index contributed by atoms with van der Waals surface area (Å²) in [6, 6.07) is 4.05. The summed E-state index contributed by atoms with van der Waals surface area (Å²) in [7, 11) is 5.30. The Balaban J connectivity index is 2.48. The van der Waals surface area contributed by atoms with Crippen LogP contribution in [0.25, 0.3) is 0 Å². The summed E-state index contributed by atoms with van der Waals surface area (Å²) in [6.07, 6.45) is 0.975. The van der Waals surface area contributed by atoms with Crippen LogP contribution in [0.2, 0.25) is 0 Å². The molecule has 0 aliphatic carbocycles. The van der Waals surface area contributed by atoms with Gasteiger partial charge >= 0.3 is 0 Å². The van der Waals surface area contributed by atoms with E-state index in [9.17, 15) is 5.11 Å². The van der Waals surface area contributed by atoms with E-state index in [1.54, 1.807) is 14.2 Å². The molecule has 0 radical (unpaired) electrons. The van der Waals surface area contributed by atoms with Crippen molar-refractivity contribution in [2.24, 2.45) is 0 Å². The molecule has 4 heteroatoms. The van der Waals surface area contributed by atoms with Crippen LogP contribution in [0.1, 0.15) is 17.2 Å². The third kappa shape index (κ3) is 2.10. The van der Waals surface area contributed by atoms with Gasteiger partial charge < -0.3 is 14.6 Å². The second kappa shape index (κ2) is 4.94. The minimum absolute atomic E-state index is 0.0542. The Hall–Kier alpha value is -1.26. The van der Waals surface area contributed by atoms with Crippen molar-refractivity contribution in [1.82, 2.24) is 4.90 Å². The number of benzene rings is 1. The molecule has 0 fully saturated rings. The fourth-order valence-corrected chi connectivity index (χ4v) is 2.39. The van der Waals surface area contributed by atoms with Gasteiger partial charge in [0, 0.05) is 6.54 Å². The Morgan fingerprint density at radius 2 is 1.94 bits per heavy atom. The van der Waals surface area contributed by atoms with Crippen LogP contribution in [0.15, 0.2) is 12.1 Å². The van der Waals surface area contributed by atoms with E-state index in [1.807, 2.05) is 19.2 Å². The van der Waals surface area contributed by atoms with E-state index in [0.29, 0.717) is 0 Å². The second-order valence-corrected chi connectivity index (χ2v) is 4.33. The predicted molar refractivity (Wildman–Crippen MR) is 65.7 cm³/mol. The Labute approximate surface area is 102 Å². The zero-order valence-electron chi connectivity index (χ0n) is 10.6. The summed E-state index contributed by atoms with van der Waals surface area (Å²) < 4.78 is 10.6. The van der Waals surface area contributed by atoms with Gasteiger partial charge in [0.15, 0.2) is 11.5 Å². The molecule has 0 bridgehead atoms. The lowest BCUT2D eigenvalue weighted by Crippen LogP contribution is -2.34. The number of fused-ring (bicyclic) bond motifs is 1. The average Bonchev–Trinajstić information content (AvgIpc) is 2.37. The van der Waals surface area contributed by atoms with Gasteiger partial charge in [-0.15, -0.1) is 0 Å². The highest BCUT2D eigenvalue weighted by atomic mass is 16.5. The molecule has 94 valence electrons. The van der Waals surface area contributed by atoms with Crippen molar-refractivity contribution in [1.29, 1.82) is 0 Å². The fourth-order valence-electron chi connectivity index (χ4n) is 2.39. The van der Waals surface area contributed by atoms with Crippen molar-refractivity contribution < 1.29 is 14.6 Å². The smallest absolute Gasteiger partial charge is 0.161 e. The Morgan fingerprint density at radius 3 is 2.53 bits per heavy atom. The summed E-state index contributed by atoms with van der Waals surface area (Å²) in [6.45, 7) is 1.08. The zero-order valence-corrected chi connectivity index (χ0v) is 10.6. The first-order valence-corrected chi connectivity index (χ1v) is 5.77. The molecule has 4 nitrogen and oxygen atoms in total. The SMILES string of the molecule is COc1cc2c(cc1OC)C(CO)N(C)CC2. The van der Waals surface area contributed by atoms with Crippen molar-refractivity contribution in [3.05, 3.63) is 23.3 Å². The molecule has 0 saturated carbocycles. The van der Waals surface area contributed by atoms with Gasteiger partial charge in [0.2, 0.25) is 0 Å². The molecule has 1 N–H and O–H groups in total. The Morgan fingerprint density at radius 1 is 1.29 bits per heavy atom. The van der Waals surface area contributed by atoms with Crippen LogP contribution < -0.4 is 9.47 Å². The van der Waals surface area contributed by atoms with Crippen LogP contribution in [-0.2, 0) is 6.42 Å². The van der Waals surface area contributed by atoms with Gasteiger partial charge in [-0.1, -0.05) is 0 Å². The first kappa shape index (κ1) is 12.2. The molecular formula is C13H19NO3. The summed E-state index contributed by atoms with van der Waals surface area (Å²) in [5.41, 5.74) is 2.37. The first-order chi connectivity index (χ1) is 8.21. The molecule has 1 heterocycles. The number of aliphatic hydroxyl groups excluding tert-OH is 1. The largest absolute Gasteiger partial charge is 0.493 e. The van der Waals surface area contributed by atoms with Crippen molar-refractivity contribution in [3.63, 3.8) is 0 Å². The highest BCUT2D eigenvalue weighted by molar-refractivity contribution is 5.49. The number of nitrogens with zero attached hydrogens (tertiary/aromatic N) is 1. The molecule has 0 aromatic heterocycles. The molecular weight excluding hydrogens is 218 g/mol. The zero-order chi connectivity index (χ0) is 12.4. The molecule has 1 atom stereocenters. The van der Waals surface area contributed by atoms with E-state index in [4.69, 9.17) is 9.47 Å². The number of hydrogen-bond acceptors (Lipinski definition) is 4. The molecule has 2 rings (SSSR count). The first-order valence-electron chi connectivity index (χ1n) is 5.77. The van der Waals surface area contributed by atoms with Gasteiger partial charge in [0.05, 0.1) is 26.9 Å². The van der Waals surface area contributed by atoms with Crippen LogP contribution in [0.3, 0.4) is 0 Å². The standard InChI is InChI=1S/C13H19NO3/c1-14-5-4-9-6-12(16-2)13(17-3)7-10(9)11(14)8-15/h6-7,11,15H,4-5,8H2,1-3H3. The lowest BCUT2D eigenvalue weighted by Gasteiger charge is -2.33. The van der Waals surface area contributed by atoms with E-state index in [0.717, 1.165) is 30.0 Å². The summed E-state index contributed by atoms with van der Waals surface area (Å²) in [5, 5.41) is 9.48. The maximum absolute atomic E-state index is 9.48. The van der Waals surface area contributed by atoms with E-state index >= 15 is 0 Å². The van der Waals surface area contributed by atoms with E-state index < -0.39 is 0 Å². The Bertz CT molecular complexity index is 406. The van der Waals surface area contributed by atoms with Crippen LogP contribution >= 0.6 is 0 Å². The van der Waals surface area contributed by atoms with Gasteiger partial charge in [0.1, 0.15) is 0 Å². The molecule has 0 spiro atoms. The van der Waals surface area contributed by atoms with Crippen LogP contribution in [0.5, 0.6) is 11.5 Å². The maximum atomic E-state index is 9.48. The highest BCUT2D eigenvalue weighted by Gasteiger charge is 2.25. The molecule has 0 saturated heterocycles. The third-order valence-electron chi connectivity index (χ3n) is 3.44. The van der Waals surface area contributed by atoms with Gasteiger partial charge in [-0.2, -0.15) is 0 Å². The molecule has 17 heavy (non-hydrogen) atoms. The monoisotopic (exact) mass is 237 g/mol. The van der Waals surface area contributed by atoms with Crippen molar-refractivity contribution in [2.75, 3.05) is 34.4 Å². The number of methoxy groups -OCH3 is 2. The molecule has 1 aliphatic heterocycles. The average molecular weight is 237 g/mol. The van der Waals surface area contributed by atoms with Crippen molar-refractivity contribution in [2.45, 2.75) is 12.5 Å². The Kier molecular flexibility index (Phi) is 3.54. The lowest BCUT2D eigenvalue weighted by molar-refractivity contribution is 0.139. The number of hydrogen-bond donors (Lipinski definition) is 1. The van der Waals surface area contributed by atoms with Gasteiger partial charge in [-0.25, -0.2) is 0 Å². The van der Waals surface area contributed by atoms with Crippen LogP contribution in [0, 0.1) is 0 Å². The predicted octanol–water partition coefficient (Wildman–Crippen LogP) is 1.23. The quantitative estimate of drug-likeness (QED) is 0.858. The van der Waals surface area contributed by atoms with Crippen molar-refractivity contribution >= 4 is 0 Å². The normalized spacial score (nSPS) is 19.9. The van der Waals surface area contributed by atoms with E-state index in [-0.39, 0.29) is 12.6 Å². The van der Waals surface area contributed by atoms with Gasteiger partial charge in [0.25, 0.3) is 0 Å². The fraction of sp³-hybridized carbons (Fsp3) is 0.538. The van der Waals surface area contributed by atoms with E-state index in [2.05, 4.69) is 4.90 Å². The number of rotatable bonds is 3. The topological polar surface area (TPSA) is 41.9 Å². The molecule has 1 aliphatic rings. The number of aliphatic hydroxyl groups is 1. The third-order valence-corrected chi connectivity index (χ3v) is 3.44. The summed E-state index contributed by atoms with van der Waals surface area (Å²) in [4.78, 5) is 2.16. The second-order valence-electron chi connectivity index (χ2n) is 4.33. The molecule has 1 aromatic carbocycles. The number of likely N-dealkylation sites (N-methyl/N-ethyl adjacent to an activating group) is 1. The van der Waals surface area contributed by atoms with Crippen LogP contribution in [0.4, 0.5) is 0 Å². The maximum Gasteiger partial charge on any atom is 0.161 e. The highest BCUT2D eigenvalue weighted by Crippen LogP contribution is 2.37. The summed E-state index contributed by atoms with van der Waals surface area (Å²) in [5.74, 6) is 1.48. The van der Waals surface area contributed by atoms with Gasteiger partial charge in [-0.3, -0.25) is 4.90 Å². The van der Waals surface area contributed by atoms with E-state index in [1.165, 1.54) is 5.56 Å². The minimum atomic E-state index is 0.0542. The minimum Gasteiger partial charge on any atom is -0.493 e. The number of ether oxygens (including phenoxy) is 2.